The van der Waals surface area contributed by atoms with E-state index in [-0.39, 0.29) is 13.0 Å². The average Bonchev–Trinajstić information content (AvgIpc) is 2.89. The Morgan fingerprint density at radius 3 is 2.00 bits per heavy atom. The molecule has 7 nitrogen and oxygen atoms in total. The summed E-state index contributed by atoms with van der Waals surface area (Å²) < 4.78 is 0. The van der Waals surface area contributed by atoms with Gasteiger partial charge < -0.3 is 10.4 Å². The first-order valence-electron chi connectivity index (χ1n) is 8.01. The van der Waals surface area contributed by atoms with Crippen molar-refractivity contribution in [2.75, 3.05) is 6.54 Å². The zero-order valence-corrected chi connectivity index (χ0v) is 13.7. The molecule has 0 radical (unpaired) electrons. The molecule has 0 saturated carbocycles. The number of nitrogens with zero attached hydrogens (tertiary/aromatic N) is 1. The fraction of sp³-hybridized carbons (Fsp3) is 0.158. The van der Waals surface area contributed by atoms with E-state index in [1.54, 1.807) is 54.6 Å². The van der Waals surface area contributed by atoms with Crippen molar-refractivity contribution in [2.24, 2.45) is 0 Å². The number of hydrogen-bond acceptors (Lipinski definition) is 4. The number of carbonyl (C=O) groups is 4. The first-order chi connectivity index (χ1) is 12.5. The smallest absolute Gasteiger partial charge is 0.330 e. The molecule has 7 heteroatoms. The highest BCUT2D eigenvalue weighted by molar-refractivity contribution is 6.21. The molecule has 2 aromatic rings. The molecular weight excluding hydrogens is 336 g/mol. The minimum atomic E-state index is -1.19. The second-order valence-corrected chi connectivity index (χ2v) is 5.81. The summed E-state index contributed by atoms with van der Waals surface area (Å²) in [5.74, 6) is -2.64. The van der Waals surface area contributed by atoms with Crippen molar-refractivity contribution in [3.05, 3.63) is 71.3 Å². The highest BCUT2D eigenvalue weighted by Crippen LogP contribution is 2.22. The number of carboxylic acids is 1. The highest BCUT2D eigenvalue weighted by atomic mass is 16.4. The van der Waals surface area contributed by atoms with Crippen molar-refractivity contribution in [3.8, 4) is 0 Å². The molecule has 0 aromatic heterocycles. The molecule has 26 heavy (non-hydrogen) atoms. The number of benzene rings is 2. The van der Waals surface area contributed by atoms with Gasteiger partial charge in [0.25, 0.3) is 11.8 Å². The highest BCUT2D eigenvalue weighted by Gasteiger charge is 2.35. The summed E-state index contributed by atoms with van der Waals surface area (Å²) in [6.07, 6.45) is -0.178. The molecule has 3 rings (SSSR count). The van der Waals surface area contributed by atoms with E-state index in [0.29, 0.717) is 16.7 Å². The zero-order chi connectivity index (χ0) is 18.7. The summed E-state index contributed by atoms with van der Waals surface area (Å²) in [4.78, 5) is 49.1. The van der Waals surface area contributed by atoms with Gasteiger partial charge in [-0.1, -0.05) is 42.5 Å². The third-order valence-corrected chi connectivity index (χ3v) is 4.13. The van der Waals surface area contributed by atoms with Crippen molar-refractivity contribution in [1.82, 2.24) is 10.2 Å². The van der Waals surface area contributed by atoms with Crippen LogP contribution in [0.1, 0.15) is 38.7 Å². The fourth-order valence-corrected chi connectivity index (χ4v) is 2.82. The summed E-state index contributed by atoms with van der Waals surface area (Å²) in [6.45, 7) is -0.112. The van der Waals surface area contributed by atoms with Crippen LogP contribution in [0.4, 0.5) is 0 Å². The molecule has 0 fully saturated rings. The molecule has 1 atom stereocenters. The molecule has 1 unspecified atom stereocenters. The lowest BCUT2D eigenvalue weighted by molar-refractivity contribution is -0.142. The lowest BCUT2D eigenvalue weighted by Gasteiger charge is -2.17. The van der Waals surface area contributed by atoms with Gasteiger partial charge in [-0.15, -0.1) is 0 Å². The van der Waals surface area contributed by atoms with Gasteiger partial charge in [-0.2, -0.15) is 0 Å². The van der Waals surface area contributed by atoms with E-state index in [1.165, 1.54) is 0 Å². The van der Waals surface area contributed by atoms with E-state index in [1.807, 2.05) is 0 Å². The number of imide groups is 1. The van der Waals surface area contributed by atoms with Crippen molar-refractivity contribution in [2.45, 2.75) is 12.5 Å². The van der Waals surface area contributed by atoms with Crippen LogP contribution in [0.2, 0.25) is 0 Å². The molecule has 2 aromatic carbocycles. The van der Waals surface area contributed by atoms with Gasteiger partial charge in [-0.25, -0.2) is 4.79 Å². The molecule has 0 saturated heterocycles. The summed E-state index contributed by atoms with van der Waals surface area (Å²) in [5.41, 5.74) is 1.06. The summed E-state index contributed by atoms with van der Waals surface area (Å²) in [5, 5.41) is 11.7. The van der Waals surface area contributed by atoms with E-state index in [0.717, 1.165) is 4.90 Å². The molecule has 1 aliphatic rings. The Balaban J connectivity index is 1.63. The third-order valence-electron chi connectivity index (χ3n) is 4.13. The number of carbonyl (C=O) groups excluding carboxylic acids is 3. The quantitative estimate of drug-likeness (QED) is 0.769. The number of aliphatic carboxylic acids is 1. The van der Waals surface area contributed by atoms with Crippen LogP contribution >= 0.6 is 0 Å². The standard InChI is InChI=1S/C19H16N2O5/c22-15(20-16(19(25)26)12-6-2-1-3-7-12)10-11-21-17(23)13-8-4-5-9-14(13)18(21)24/h1-9,16H,10-11H2,(H,20,22)(H,25,26). The van der Waals surface area contributed by atoms with Crippen LogP contribution in [0.15, 0.2) is 54.6 Å². The zero-order valence-electron chi connectivity index (χ0n) is 13.7. The van der Waals surface area contributed by atoms with Crippen molar-refractivity contribution < 1.29 is 24.3 Å². The van der Waals surface area contributed by atoms with Gasteiger partial charge in [0.15, 0.2) is 6.04 Å². The normalized spacial score (nSPS) is 14.1. The van der Waals surface area contributed by atoms with Crippen LogP contribution in [0.5, 0.6) is 0 Å². The SMILES string of the molecule is O=C(CCN1C(=O)c2ccccc2C1=O)NC(C(=O)O)c1ccccc1. The number of fused-ring (bicyclic) bond motifs is 1. The van der Waals surface area contributed by atoms with E-state index in [9.17, 15) is 24.3 Å². The number of rotatable bonds is 6. The third kappa shape index (κ3) is 3.32. The van der Waals surface area contributed by atoms with Gasteiger partial charge in [-0.05, 0) is 17.7 Å². The number of hydrogen-bond donors (Lipinski definition) is 2. The summed E-state index contributed by atoms with van der Waals surface area (Å²) in [7, 11) is 0. The predicted molar refractivity (Wildman–Crippen MR) is 91.4 cm³/mol. The van der Waals surface area contributed by atoms with Gasteiger partial charge in [0.2, 0.25) is 5.91 Å². The first-order valence-corrected chi connectivity index (χ1v) is 8.01. The Morgan fingerprint density at radius 2 is 1.46 bits per heavy atom. The maximum Gasteiger partial charge on any atom is 0.330 e. The molecule has 1 heterocycles. The molecule has 1 aliphatic heterocycles. The number of nitrogens with one attached hydrogen (secondary N) is 1. The van der Waals surface area contributed by atoms with Crippen molar-refractivity contribution in [3.63, 3.8) is 0 Å². The molecule has 3 amide bonds. The topological polar surface area (TPSA) is 104 Å². The Labute approximate surface area is 149 Å². The molecule has 0 bridgehead atoms. The van der Waals surface area contributed by atoms with Gasteiger partial charge in [0, 0.05) is 13.0 Å². The largest absolute Gasteiger partial charge is 0.479 e. The fourth-order valence-electron chi connectivity index (χ4n) is 2.82. The number of carboxylic acid groups (broad SMARTS) is 1. The lowest BCUT2D eigenvalue weighted by Crippen LogP contribution is -2.37. The molecule has 0 aliphatic carbocycles. The van der Waals surface area contributed by atoms with Crippen molar-refractivity contribution >= 4 is 23.7 Å². The van der Waals surface area contributed by atoms with E-state index >= 15 is 0 Å². The second-order valence-electron chi connectivity index (χ2n) is 5.81. The van der Waals surface area contributed by atoms with Crippen LogP contribution in [0, 0.1) is 0 Å². The summed E-state index contributed by atoms with van der Waals surface area (Å²) in [6, 6.07) is 13.6. The van der Waals surface area contributed by atoms with E-state index in [4.69, 9.17) is 0 Å². The van der Waals surface area contributed by atoms with E-state index in [2.05, 4.69) is 5.32 Å². The first kappa shape index (κ1) is 17.3. The molecular formula is C19H16N2O5. The van der Waals surface area contributed by atoms with Crippen molar-refractivity contribution in [1.29, 1.82) is 0 Å². The van der Waals surface area contributed by atoms with Gasteiger partial charge in [0.1, 0.15) is 0 Å². The van der Waals surface area contributed by atoms with E-state index < -0.39 is 29.7 Å². The van der Waals surface area contributed by atoms with Crippen LogP contribution < -0.4 is 5.32 Å². The predicted octanol–water partition coefficient (Wildman–Crippen LogP) is 1.61. The second kappa shape index (κ2) is 7.18. The Morgan fingerprint density at radius 1 is 0.923 bits per heavy atom. The van der Waals surface area contributed by atoms with Gasteiger partial charge in [-0.3, -0.25) is 19.3 Å². The van der Waals surface area contributed by atoms with Gasteiger partial charge >= 0.3 is 5.97 Å². The summed E-state index contributed by atoms with van der Waals surface area (Å²) >= 11 is 0. The Hall–Kier alpha value is -3.48. The minimum Gasteiger partial charge on any atom is -0.479 e. The Bertz CT molecular complexity index is 844. The Kier molecular flexibility index (Phi) is 4.79. The van der Waals surface area contributed by atoms with Crippen LogP contribution in [0.25, 0.3) is 0 Å². The molecule has 132 valence electrons. The van der Waals surface area contributed by atoms with Crippen LogP contribution in [0.3, 0.4) is 0 Å². The minimum absolute atomic E-state index is 0.112. The maximum absolute atomic E-state index is 12.3. The monoisotopic (exact) mass is 352 g/mol. The number of amides is 3. The molecule has 2 N–H and O–H groups in total. The van der Waals surface area contributed by atoms with Gasteiger partial charge in [0.05, 0.1) is 11.1 Å². The average molecular weight is 352 g/mol. The van der Waals surface area contributed by atoms with Crippen LogP contribution in [-0.4, -0.2) is 40.2 Å². The lowest BCUT2D eigenvalue weighted by atomic mass is 10.1. The maximum atomic E-state index is 12.3. The van der Waals surface area contributed by atoms with Crippen LogP contribution in [-0.2, 0) is 9.59 Å². The molecule has 0 spiro atoms.